The second-order valence-corrected chi connectivity index (χ2v) is 8.39. The van der Waals surface area contributed by atoms with Gasteiger partial charge in [-0.15, -0.1) is 10.2 Å². The van der Waals surface area contributed by atoms with Crippen molar-refractivity contribution >= 4 is 39.8 Å². The van der Waals surface area contributed by atoms with E-state index >= 15 is 0 Å². The fourth-order valence-electron chi connectivity index (χ4n) is 2.46. The zero-order valence-electron chi connectivity index (χ0n) is 14.0. The first-order valence-corrected chi connectivity index (χ1v) is 10.1. The third kappa shape index (κ3) is 4.42. The van der Waals surface area contributed by atoms with Gasteiger partial charge in [-0.05, 0) is 30.5 Å². The molecule has 26 heavy (non-hydrogen) atoms. The van der Waals surface area contributed by atoms with Crippen LogP contribution in [0.3, 0.4) is 0 Å². The topological polar surface area (TPSA) is 66.9 Å². The Morgan fingerprint density at radius 1 is 1.04 bits per heavy atom. The maximum atomic E-state index is 12.7. The molecule has 1 heterocycles. The van der Waals surface area contributed by atoms with Crippen molar-refractivity contribution in [3.8, 4) is 0 Å². The SMILES string of the molecule is O=C(NC1CC1)[C@@H](Sc1nnc(Nc2ccccc2)s1)c1ccccc1. The minimum Gasteiger partial charge on any atom is -0.352 e. The van der Waals surface area contributed by atoms with Crippen LogP contribution in [0.15, 0.2) is 65.0 Å². The first-order chi connectivity index (χ1) is 12.8. The smallest absolute Gasteiger partial charge is 0.238 e. The third-order valence-electron chi connectivity index (χ3n) is 3.91. The summed E-state index contributed by atoms with van der Waals surface area (Å²) in [6.45, 7) is 0. The zero-order chi connectivity index (χ0) is 17.8. The highest BCUT2D eigenvalue weighted by atomic mass is 32.2. The van der Waals surface area contributed by atoms with E-state index in [9.17, 15) is 4.79 Å². The standard InChI is InChI=1S/C19H18N4OS2/c24-17(20-15-11-12-15)16(13-7-3-1-4-8-13)25-19-23-22-18(26-19)21-14-9-5-2-6-10-14/h1-10,15-16H,11-12H2,(H,20,24)(H,21,22)/t16-/m0/s1. The molecular formula is C19H18N4OS2. The molecule has 2 N–H and O–H groups in total. The molecule has 0 saturated heterocycles. The van der Waals surface area contributed by atoms with Crippen LogP contribution in [0, 0.1) is 0 Å². The van der Waals surface area contributed by atoms with Gasteiger partial charge < -0.3 is 10.6 Å². The number of benzene rings is 2. The van der Waals surface area contributed by atoms with Crippen LogP contribution in [0.1, 0.15) is 23.7 Å². The number of carbonyl (C=O) groups is 1. The fraction of sp³-hybridized carbons (Fsp3) is 0.211. The fourth-order valence-corrected chi connectivity index (χ4v) is 4.43. The molecule has 2 aromatic carbocycles. The summed E-state index contributed by atoms with van der Waals surface area (Å²) in [6.07, 6.45) is 2.14. The molecule has 0 unspecified atom stereocenters. The molecule has 1 aliphatic rings. The number of amides is 1. The first-order valence-electron chi connectivity index (χ1n) is 8.45. The Balaban J connectivity index is 1.49. The number of nitrogens with one attached hydrogen (secondary N) is 2. The van der Waals surface area contributed by atoms with E-state index in [2.05, 4.69) is 20.8 Å². The van der Waals surface area contributed by atoms with E-state index in [-0.39, 0.29) is 11.2 Å². The van der Waals surface area contributed by atoms with Crippen molar-refractivity contribution in [2.24, 2.45) is 0 Å². The molecule has 0 spiro atoms. The molecule has 1 amide bonds. The summed E-state index contributed by atoms with van der Waals surface area (Å²) in [6, 6.07) is 20.0. The Morgan fingerprint density at radius 2 is 1.73 bits per heavy atom. The molecule has 7 heteroatoms. The molecule has 132 valence electrons. The summed E-state index contributed by atoms with van der Waals surface area (Å²) in [5.74, 6) is 0.0384. The summed E-state index contributed by atoms with van der Waals surface area (Å²) in [5, 5.41) is 15.2. The number of hydrogen-bond acceptors (Lipinski definition) is 6. The Bertz CT molecular complexity index is 866. The number of hydrogen-bond donors (Lipinski definition) is 2. The van der Waals surface area contributed by atoms with Gasteiger partial charge in [0.05, 0.1) is 0 Å². The highest BCUT2D eigenvalue weighted by Crippen LogP contribution is 2.39. The van der Waals surface area contributed by atoms with E-state index in [1.807, 2.05) is 60.7 Å². The predicted octanol–water partition coefficient (Wildman–Crippen LogP) is 4.39. The number of nitrogens with zero attached hydrogens (tertiary/aromatic N) is 2. The lowest BCUT2D eigenvalue weighted by molar-refractivity contribution is -0.120. The molecule has 4 rings (SSSR count). The van der Waals surface area contributed by atoms with Crippen molar-refractivity contribution in [2.45, 2.75) is 28.5 Å². The molecule has 1 fully saturated rings. The highest BCUT2D eigenvalue weighted by molar-refractivity contribution is 8.01. The number of thioether (sulfide) groups is 1. The molecule has 5 nitrogen and oxygen atoms in total. The van der Waals surface area contributed by atoms with Crippen LogP contribution in [-0.4, -0.2) is 22.1 Å². The number of para-hydroxylation sites is 1. The van der Waals surface area contributed by atoms with E-state index in [1.165, 1.54) is 23.1 Å². The summed E-state index contributed by atoms with van der Waals surface area (Å²) in [7, 11) is 0. The monoisotopic (exact) mass is 382 g/mol. The van der Waals surface area contributed by atoms with Crippen molar-refractivity contribution in [2.75, 3.05) is 5.32 Å². The minimum absolute atomic E-state index is 0.0384. The Labute approximate surface area is 160 Å². The van der Waals surface area contributed by atoms with Crippen molar-refractivity contribution in [1.29, 1.82) is 0 Å². The second-order valence-electron chi connectivity index (χ2n) is 6.06. The molecule has 0 radical (unpaired) electrons. The van der Waals surface area contributed by atoms with Crippen molar-refractivity contribution in [1.82, 2.24) is 15.5 Å². The highest BCUT2D eigenvalue weighted by Gasteiger charge is 2.29. The average molecular weight is 383 g/mol. The van der Waals surface area contributed by atoms with Crippen LogP contribution in [0.2, 0.25) is 0 Å². The Morgan fingerprint density at radius 3 is 2.42 bits per heavy atom. The molecule has 1 saturated carbocycles. The summed E-state index contributed by atoms with van der Waals surface area (Å²) >= 11 is 2.90. The van der Waals surface area contributed by atoms with Crippen LogP contribution in [-0.2, 0) is 4.79 Å². The Hall–Kier alpha value is -2.38. The quantitative estimate of drug-likeness (QED) is 0.593. The van der Waals surface area contributed by atoms with E-state index in [0.717, 1.165) is 28.4 Å². The number of aromatic nitrogens is 2. The number of rotatable bonds is 7. The van der Waals surface area contributed by atoms with Gasteiger partial charge in [0.15, 0.2) is 4.34 Å². The van der Waals surface area contributed by atoms with E-state index in [4.69, 9.17) is 0 Å². The van der Waals surface area contributed by atoms with E-state index < -0.39 is 0 Å². The largest absolute Gasteiger partial charge is 0.352 e. The molecule has 1 atom stereocenters. The number of carbonyl (C=O) groups excluding carboxylic acids is 1. The lowest BCUT2D eigenvalue weighted by atomic mass is 10.1. The Kier molecular flexibility index (Phi) is 5.17. The van der Waals surface area contributed by atoms with E-state index in [0.29, 0.717) is 11.2 Å². The molecular weight excluding hydrogens is 364 g/mol. The normalized spacial score (nSPS) is 14.6. The summed E-state index contributed by atoms with van der Waals surface area (Å²) in [4.78, 5) is 12.7. The van der Waals surface area contributed by atoms with Gasteiger partial charge in [0.1, 0.15) is 5.25 Å². The van der Waals surface area contributed by atoms with Crippen LogP contribution in [0.4, 0.5) is 10.8 Å². The van der Waals surface area contributed by atoms with Gasteiger partial charge in [0.2, 0.25) is 11.0 Å². The maximum absolute atomic E-state index is 12.7. The maximum Gasteiger partial charge on any atom is 0.238 e. The average Bonchev–Trinajstić information content (AvgIpc) is 3.38. The van der Waals surface area contributed by atoms with Crippen molar-refractivity contribution < 1.29 is 4.79 Å². The second kappa shape index (κ2) is 7.88. The molecule has 1 aliphatic carbocycles. The van der Waals surface area contributed by atoms with Crippen LogP contribution >= 0.6 is 23.1 Å². The predicted molar refractivity (Wildman–Crippen MR) is 106 cm³/mol. The van der Waals surface area contributed by atoms with Crippen LogP contribution in [0.25, 0.3) is 0 Å². The van der Waals surface area contributed by atoms with E-state index in [1.54, 1.807) is 0 Å². The minimum atomic E-state index is -0.325. The zero-order valence-corrected chi connectivity index (χ0v) is 15.6. The van der Waals surface area contributed by atoms with Gasteiger partial charge in [-0.3, -0.25) is 4.79 Å². The van der Waals surface area contributed by atoms with Crippen LogP contribution in [0.5, 0.6) is 0 Å². The first kappa shape index (κ1) is 17.1. The molecule has 0 bridgehead atoms. The lowest BCUT2D eigenvalue weighted by Gasteiger charge is -2.15. The van der Waals surface area contributed by atoms with Gasteiger partial charge >= 0.3 is 0 Å². The molecule has 3 aromatic rings. The van der Waals surface area contributed by atoms with Gasteiger partial charge in [-0.25, -0.2) is 0 Å². The van der Waals surface area contributed by atoms with Crippen LogP contribution < -0.4 is 10.6 Å². The van der Waals surface area contributed by atoms with Gasteiger partial charge in [-0.2, -0.15) is 0 Å². The van der Waals surface area contributed by atoms with Gasteiger partial charge in [0, 0.05) is 11.7 Å². The van der Waals surface area contributed by atoms with Crippen molar-refractivity contribution in [3.63, 3.8) is 0 Å². The van der Waals surface area contributed by atoms with Gasteiger partial charge in [0.25, 0.3) is 0 Å². The number of anilines is 2. The molecule has 1 aromatic heterocycles. The lowest BCUT2D eigenvalue weighted by Crippen LogP contribution is -2.29. The summed E-state index contributed by atoms with van der Waals surface area (Å²) in [5.41, 5.74) is 1.94. The third-order valence-corrected chi connectivity index (χ3v) is 6.09. The molecule has 0 aliphatic heterocycles. The van der Waals surface area contributed by atoms with Crippen molar-refractivity contribution in [3.05, 3.63) is 66.2 Å². The van der Waals surface area contributed by atoms with Gasteiger partial charge in [-0.1, -0.05) is 71.6 Å². The summed E-state index contributed by atoms with van der Waals surface area (Å²) < 4.78 is 0.767.